The Morgan fingerprint density at radius 1 is 1.31 bits per heavy atom. The minimum Gasteiger partial charge on any atom is -0.324 e. The SMILES string of the molecule is CS(=O)(=O)Nc1ccc(NC(=O)N2CCC(c3ccn[nH]3)CC2)cc1Cl. The van der Waals surface area contributed by atoms with Crippen molar-refractivity contribution in [2.75, 3.05) is 29.4 Å². The van der Waals surface area contributed by atoms with Gasteiger partial charge in [0.15, 0.2) is 0 Å². The van der Waals surface area contributed by atoms with Crippen molar-refractivity contribution in [1.29, 1.82) is 0 Å². The second-order valence-electron chi connectivity index (χ2n) is 6.27. The van der Waals surface area contributed by atoms with Gasteiger partial charge in [-0.15, -0.1) is 0 Å². The molecule has 0 radical (unpaired) electrons. The third-order valence-electron chi connectivity index (χ3n) is 4.26. The summed E-state index contributed by atoms with van der Waals surface area (Å²) >= 11 is 6.08. The van der Waals surface area contributed by atoms with Crippen molar-refractivity contribution >= 4 is 39.0 Å². The van der Waals surface area contributed by atoms with E-state index in [0.717, 1.165) is 24.8 Å². The van der Waals surface area contributed by atoms with E-state index >= 15 is 0 Å². The fourth-order valence-electron chi connectivity index (χ4n) is 2.97. The molecule has 2 amide bonds. The molecule has 1 aromatic carbocycles. The van der Waals surface area contributed by atoms with Gasteiger partial charge in [0.2, 0.25) is 10.0 Å². The molecule has 26 heavy (non-hydrogen) atoms. The Morgan fingerprint density at radius 3 is 2.62 bits per heavy atom. The molecule has 0 aliphatic carbocycles. The zero-order valence-electron chi connectivity index (χ0n) is 14.2. The largest absolute Gasteiger partial charge is 0.324 e. The van der Waals surface area contributed by atoms with Gasteiger partial charge in [-0.2, -0.15) is 5.10 Å². The van der Waals surface area contributed by atoms with Crippen molar-refractivity contribution in [2.24, 2.45) is 0 Å². The van der Waals surface area contributed by atoms with Gasteiger partial charge in [0, 0.05) is 36.6 Å². The van der Waals surface area contributed by atoms with Crippen LogP contribution < -0.4 is 10.0 Å². The lowest BCUT2D eigenvalue weighted by Gasteiger charge is -2.31. The zero-order chi connectivity index (χ0) is 18.7. The number of likely N-dealkylation sites (tertiary alicyclic amines) is 1. The highest BCUT2D eigenvalue weighted by atomic mass is 35.5. The van der Waals surface area contributed by atoms with Crippen LogP contribution in [0.25, 0.3) is 0 Å². The maximum absolute atomic E-state index is 12.4. The third-order valence-corrected chi connectivity index (χ3v) is 5.16. The van der Waals surface area contributed by atoms with E-state index < -0.39 is 10.0 Å². The zero-order valence-corrected chi connectivity index (χ0v) is 15.8. The lowest BCUT2D eigenvalue weighted by molar-refractivity contribution is 0.194. The number of aromatic nitrogens is 2. The normalized spacial score (nSPS) is 15.7. The number of hydrogen-bond acceptors (Lipinski definition) is 4. The molecule has 10 heteroatoms. The maximum Gasteiger partial charge on any atom is 0.321 e. The van der Waals surface area contributed by atoms with Crippen molar-refractivity contribution in [2.45, 2.75) is 18.8 Å². The number of amides is 2. The Balaban J connectivity index is 1.57. The standard InChI is InChI=1S/C16H20ClN5O3S/c1-26(24,25)21-15-3-2-12(10-13(15)17)19-16(23)22-8-5-11(6-9-22)14-4-7-18-20-14/h2-4,7,10-11,21H,5-6,8-9H2,1H3,(H,18,20)(H,19,23). The van der Waals surface area contributed by atoms with Crippen molar-refractivity contribution in [3.05, 3.63) is 41.2 Å². The summed E-state index contributed by atoms with van der Waals surface area (Å²) in [5.41, 5.74) is 1.88. The van der Waals surface area contributed by atoms with Gasteiger partial charge in [-0.1, -0.05) is 11.6 Å². The second-order valence-corrected chi connectivity index (χ2v) is 8.43. The highest BCUT2D eigenvalue weighted by Crippen LogP contribution is 2.28. The van der Waals surface area contributed by atoms with E-state index in [4.69, 9.17) is 11.6 Å². The number of sulfonamides is 1. The Hall–Kier alpha value is -2.26. The third kappa shape index (κ3) is 4.67. The predicted molar refractivity (Wildman–Crippen MR) is 101 cm³/mol. The summed E-state index contributed by atoms with van der Waals surface area (Å²) in [7, 11) is -3.41. The van der Waals surface area contributed by atoms with Crippen molar-refractivity contribution in [3.8, 4) is 0 Å². The molecule has 8 nitrogen and oxygen atoms in total. The molecule has 0 atom stereocenters. The predicted octanol–water partition coefficient (Wildman–Crippen LogP) is 2.85. The smallest absolute Gasteiger partial charge is 0.321 e. The molecule has 1 aliphatic heterocycles. The second kappa shape index (κ2) is 7.55. The molecule has 3 N–H and O–H groups in total. The van der Waals surface area contributed by atoms with E-state index in [1.165, 1.54) is 12.1 Å². The molecule has 2 aromatic rings. The number of urea groups is 1. The lowest BCUT2D eigenvalue weighted by atomic mass is 9.94. The van der Waals surface area contributed by atoms with Gasteiger partial charge < -0.3 is 10.2 Å². The lowest BCUT2D eigenvalue weighted by Crippen LogP contribution is -2.40. The van der Waals surface area contributed by atoms with Crippen LogP contribution in [0.3, 0.4) is 0 Å². The molecular formula is C16H20ClN5O3S. The average Bonchev–Trinajstić information content (AvgIpc) is 3.11. The number of benzene rings is 1. The van der Waals surface area contributed by atoms with Gasteiger partial charge in [0.1, 0.15) is 0 Å². The average molecular weight is 398 g/mol. The number of hydrogen-bond donors (Lipinski definition) is 3. The number of nitrogens with zero attached hydrogens (tertiary/aromatic N) is 2. The van der Waals surface area contributed by atoms with E-state index in [1.807, 2.05) is 6.07 Å². The molecule has 140 valence electrons. The summed E-state index contributed by atoms with van der Waals surface area (Å²) in [5, 5.41) is 9.97. The summed E-state index contributed by atoms with van der Waals surface area (Å²) in [6.07, 6.45) is 4.52. The van der Waals surface area contributed by atoms with E-state index in [2.05, 4.69) is 20.2 Å². The molecule has 0 saturated carbocycles. The summed E-state index contributed by atoms with van der Waals surface area (Å²) in [6, 6.07) is 6.41. The molecule has 0 spiro atoms. The molecule has 1 aromatic heterocycles. The molecule has 1 saturated heterocycles. The van der Waals surface area contributed by atoms with Crippen LogP contribution in [0.1, 0.15) is 24.5 Å². The van der Waals surface area contributed by atoms with Gasteiger partial charge in [-0.25, -0.2) is 13.2 Å². The summed E-state index contributed by atoms with van der Waals surface area (Å²) < 4.78 is 24.9. The number of aromatic amines is 1. The summed E-state index contributed by atoms with van der Waals surface area (Å²) in [5.74, 6) is 0.386. The van der Waals surface area contributed by atoms with E-state index in [-0.39, 0.29) is 16.7 Å². The quantitative estimate of drug-likeness (QED) is 0.737. The van der Waals surface area contributed by atoms with Crippen LogP contribution in [0, 0.1) is 0 Å². The molecular weight excluding hydrogens is 378 g/mol. The number of anilines is 2. The molecule has 3 rings (SSSR count). The molecule has 0 unspecified atom stereocenters. The number of rotatable bonds is 4. The van der Waals surface area contributed by atoms with Crippen LogP contribution in [-0.4, -0.2) is 48.9 Å². The van der Waals surface area contributed by atoms with Gasteiger partial charge in [-0.3, -0.25) is 9.82 Å². The van der Waals surface area contributed by atoms with Crippen LogP contribution in [-0.2, 0) is 10.0 Å². The Morgan fingerprint density at radius 2 is 2.04 bits per heavy atom. The van der Waals surface area contributed by atoms with Crippen LogP contribution >= 0.6 is 11.6 Å². The minimum absolute atomic E-state index is 0.201. The first kappa shape index (κ1) is 18.5. The number of H-pyrrole nitrogens is 1. The fraction of sp³-hybridized carbons (Fsp3) is 0.375. The number of halogens is 1. The van der Waals surface area contributed by atoms with Crippen LogP contribution in [0.5, 0.6) is 0 Å². The van der Waals surface area contributed by atoms with Crippen LogP contribution in [0.15, 0.2) is 30.5 Å². The summed E-state index contributed by atoms with van der Waals surface area (Å²) in [4.78, 5) is 14.2. The van der Waals surface area contributed by atoms with Crippen LogP contribution in [0.4, 0.5) is 16.2 Å². The number of piperidine rings is 1. The van der Waals surface area contributed by atoms with E-state index in [1.54, 1.807) is 17.2 Å². The van der Waals surface area contributed by atoms with Gasteiger partial charge in [0.05, 0.1) is 17.0 Å². The number of nitrogens with one attached hydrogen (secondary N) is 3. The minimum atomic E-state index is -3.41. The maximum atomic E-state index is 12.4. The topological polar surface area (TPSA) is 107 Å². The highest BCUT2D eigenvalue weighted by Gasteiger charge is 2.24. The first-order valence-corrected chi connectivity index (χ1v) is 10.4. The van der Waals surface area contributed by atoms with Crippen molar-refractivity contribution in [1.82, 2.24) is 15.1 Å². The van der Waals surface area contributed by atoms with Gasteiger partial charge >= 0.3 is 6.03 Å². The summed E-state index contributed by atoms with van der Waals surface area (Å²) in [6.45, 7) is 1.30. The van der Waals surface area contributed by atoms with Gasteiger partial charge in [0.25, 0.3) is 0 Å². The first-order valence-electron chi connectivity index (χ1n) is 8.14. The van der Waals surface area contributed by atoms with E-state index in [0.29, 0.717) is 24.7 Å². The fourth-order valence-corrected chi connectivity index (χ4v) is 3.83. The molecule has 2 heterocycles. The van der Waals surface area contributed by atoms with E-state index in [9.17, 15) is 13.2 Å². The van der Waals surface area contributed by atoms with Crippen molar-refractivity contribution in [3.63, 3.8) is 0 Å². The molecule has 1 fully saturated rings. The Labute approximate surface area is 157 Å². The molecule has 1 aliphatic rings. The Kier molecular flexibility index (Phi) is 5.38. The Bertz CT molecular complexity index is 877. The van der Waals surface area contributed by atoms with Crippen molar-refractivity contribution < 1.29 is 13.2 Å². The highest BCUT2D eigenvalue weighted by molar-refractivity contribution is 7.92. The van der Waals surface area contributed by atoms with Crippen LogP contribution in [0.2, 0.25) is 5.02 Å². The van der Waals surface area contributed by atoms with Gasteiger partial charge in [-0.05, 0) is 37.1 Å². The monoisotopic (exact) mass is 397 g/mol. The number of carbonyl (C=O) groups excluding carboxylic acids is 1. The molecule has 0 bridgehead atoms. The first-order chi connectivity index (χ1) is 12.3. The number of carbonyl (C=O) groups is 1.